The lowest BCUT2D eigenvalue weighted by molar-refractivity contribution is -0.146. The van der Waals surface area contributed by atoms with Crippen LogP contribution in [0.4, 0.5) is 13.2 Å². The van der Waals surface area contributed by atoms with Crippen LogP contribution in [0.25, 0.3) is 0 Å². The molecule has 1 aliphatic rings. The summed E-state index contributed by atoms with van der Waals surface area (Å²) >= 11 is 0. The van der Waals surface area contributed by atoms with Crippen LogP contribution in [0.2, 0.25) is 0 Å². The molecule has 0 aliphatic carbocycles. The average molecular weight is 363 g/mol. The summed E-state index contributed by atoms with van der Waals surface area (Å²) in [5.74, 6) is -1.45. The molecule has 1 unspecified atom stereocenters. The van der Waals surface area contributed by atoms with Crippen molar-refractivity contribution in [1.29, 1.82) is 0 Å². The van der Waals surface area contributed by atoms with E-state index in [2.05, 4.69) is 4.90 Å². The Morgan fingerprint density at radius 3 is 2.12 bits per heavy atom. The Hall–Kier alpha value is -1.85. The van der Waals surface area contributed by atoms with Gasteiger partial charge >= 0.3 is 6.18 Å². The quantitative estimate of drug-likeness (QED) is 0.841. The second-order valence-corrected chi connectivity index (χ2v) is 7.18. The fraction of sp³-hybridized carbons (Fsp3) is 0.429. The van der Waals surface area contributed by atoms with Gasteiger partial charge in [0.05, 0.1) is 11.5 Å². The van der Waals surface area contributed by atoms with Crippen molar-refractivity contribution >= 4 is 0 Å². The number of hydrogen-bond acceptors (Lipinski definition) is 2. The zero-order valence-electron chi connectivity index (χ0n) is 14.8. The van der Waals surface area contributed by atoms with Gasteiger partial charge in [-0.1, -0.05) is 54.6 Å². The SMILES string of the molecule is CC(c1ccc(CN2CCC(O)(c3ccccc3)CC2)cc1)C(F)(F)F. The Morgan fingerprint density at radius 2 is 1.58 bits per heavy atom. The molecule has 140 valence electrons. The van der Waals surface area contributed by atoms with Crippen LogP contribution in [0, 0.1) is 0 Å². The van der Waals surface area contributed by atoms with E-state index in [1.54, 1.807) is 24.3 Å². The number of nitrogens with zero attached hydrogens (tertiary/aromatic N) is 1. The number of halogens is 3. The van der Waals surface area contributed by atoms with Crippen LogP contribution >= 0.6 is 0 Å². The molecule has 1 saturated heterocycles. The predicted molar refractivity (Wildman–Crippen MR) is 95.8 cm³/mol. The first-order valence-corrected chi connectivity index (χ1v) is 8.94. The van der Waals surface area contributed by atoms with E-state index in [1.807, 2.05) is 30.3 Å². The van der Waals surface area contributed by atoms with Crippen molar-refractivity contribution in [3.63, 3.8) is 0 Å². The lowest BCUT2D eigenvalue weighted by atomic mass is 9.84. The van der Waals surface area contributed by atoms with Crippen molar-refractivity contribution in [2.24, 2.45) is 0 Å². The lowest BCUT2D eigenvalue weighted by Gasteiger charge is -2.38. The Bertz CT molecular complexity index is 704. The van der Waals surface area contributed by atoms with E-state index < -0.39 is 17.7 Å². The van der Waals surface area contributed by atoms with Crippen molar-refractivity contribution in [1.82, 2.24) is 4.90 Å². The Kier molecular flexibility index (Phi) is 5.39. The molecule has 1 N–H and O–H groups in total. The highest BCUT2D eigenvalue weighted by atomic mass is 19.4. The van der Waals surface area contributed by atoms with Crippen LogP contribution in [-0.2, 0) is 12.1 Å². The van der Waals surface area contributed by atoms with Gasteiger partial charge in [0.1, 0.15) is 0 Å². The molecule has 2 nitrogen and oxygen atoms in total. The fourth-order valence-electron chi connectivity index (χ4n) is 3.48. The minimum atomic E-state index is -4.21. The van der Waals surface area contributed by atoms with Gasteiger partial charge in [-0.3, -0.25) is 4.90 Å². The number of piperidine rings is 1. The minimum Gasteiger partial charge on any atom is -0.385 e. The van der Waals surface area contributed by atoms with Crippen LogP contribution in [0.3, 0.4) is 0 Å². The summed E-state index contributed by atoms with van der Waals surface area (Å²) in [4.78, 5) is 2.24. The molecule has 1 heterocycles. The maximum atomic E-state index is 12.8. The van der Waals surface area contributed by atoms with E-state index in [1.165, 1.54) is 6.92 Å². The molecule has 5 heteroatoms. The van der Waals surface area contributed by atoms with Crippen LogP contribution < -0.4 is 0 Å². The first-order valence-electron chi connectivity index (χ1n) is 8.94. The summed E-state index contributed by atoms with van der Waals surface area (Å²) in [6.45, 7) is 3.38. The maximum absolute atomic E-state index is 12.8. The van der Waals surface area contributed by atoms with Gasteiger partial charge in [-0.05, 0) is 36.5 Å². The number of likely N-dealkylation sites (tertiary alicyclic amines) is 1. The van der Waals surface area contributed by atoms with Crippen LogP contribution in [-0.4, -0.2) is 29.3 Å². The van der Waals surface area contributed by atoms with Gasteiger partial charge < -0.3 is 5.11 Å². The number of alkyl halides is 3. The van der Waals surface area contributed by atoms with Crippen molar-refractivity contribution in [2.45, 2.75) is 44.0 Å². The van der Waals surface area contributed by atoms with Gasteiger partial charge in [-0.2, -0.15) is 13.2 Å². The van der Waals surface area contributed by atoms with E-state index >= 15 is 0 Å². The molecule has 2 aromatic carbocycles. The van der Waals surface area contributed by atoms with Gasteiger partial charge in [0.25, 0.3) is 0 Å². The third-order valence-corrected chi connectivity index (χ3v) is 5.37. The molecule has 0 radical (unpaired) electrons. The molecule has 3 rings (SSSR count). The van der Waals surface area contributed by atoms with Gasteiger partial charge in [-0.25, -0.2) is 0 Å². The highest BCUT2D eigenvalue weighted by molar-refractivity contribution is 5.26. The normalized spacial score (nSPS) is 19.3. The third kappa shape index (κ3) is 4.27. The van der Waals surface area contributed by atoms with Gasteiger partial charge in [-0.15, -0.1) is 0 Å². The van der Waals surface area contributed by atoms with Gasteiger partial charge in [0.2, 0.25) is 0 Å². The zero-order chi connectivity index (χ0) is 18.8. The largest absolute Gasteiger partial charge is 0.395 e. The lowest BCUT2D eigenvalue weighted by Crippen LogP contribution is -2.42. The molecule has 0 aromatic heterocycles. The number of benzene rings is 2. The summed E-state index contributed by atoms with van der Waals surface area (Å²) in [5.41, 5.74) is 1.45. The van der Waals surface area contributed by atoms with E-state index in [0.717, 1.165) is 24.2 Å². The summed E-state index contributed by atoms with van der Waals surface area (Å²) in [7, 11) is 0. The van der Waals surface area contributed by atoms with Gasteiger partial charge in [0.15, 0.2) is 0 Å². The molecule has 0 bridgehead atoms. The van der Waals surface area contributed by atoms with E-state index in [9.17, 15) is 18.3 Å². The first-order chi connectivity index (χ1) is 12.3. The van der Waals surface area contributed by atoms with Crippen LogP contribution in [0.1, 0.15) is 42.4 Å². The Balaban J connectivity index is 1.58. The summed E-state index contributed by atoms with van der Waals surface area (Å²) < 4.78 is 38.4. The van der Waals surface area contributed by atoms with Crippen molar-refractivity contribution in [2.75, 3.05) is 13.1 Å². The average Bonchev–Trinajstić information content (AvgIpc) is 2.64. The Labute approximate surface area is 152 Å². The standard InChI is InChI=1S/C21H24F3NO/c1-16(21(22,23)24)18-9-7-17(8-10-18)15-25-13-11-20(26,12-14-25)19-5-3-2-4-6-19/h2-10,16,26H,11-15H2,1H3. The number of aliphatic hydroxyl groups is 1. The summed E-state index contributed by atoms with van der Waals surface area (Å²) in [6.07, 6.45) is -2.91. The summed E-state index contributed by atoms with van der Waals surface area (Å²) in [6, 6.07) is 16.4. The zero-order valence-corrected chi connectivity index (χ0v) is 14.8. The molecular weight excluding hydrogens is 339 g/mol. The highest BCUT2D eigenvalue weighted by Gasteiger charge is 2.37. The first kappa shape index (κ1) is 18.9. The fourth-order valence-corrected chi connectivity index (χ4v) is 3.48. The molecule has 0 amide bonds. The smallest absolute Gasteiger partial charge is 0.385 e. The van der Waals surface area contributed by atoms with Gasteiger partial charge in [0, 0.05) is 19.6 Å². The second-order valence-electron chi connectivity index (χ2n) is 7.18. The van der Waals surface area contributed by atoms with Crippen molar-refractivity contribution < 1.29 is 18.3 Å². The maximum Gasteiger partial charge on any atom is 0.395 e. The number of hydrogen-bond donors (Lipinski definition) is 1. The predicted octanol–water partition coefficient (Wildman–Crippen LogP) is 4.84. The molecular formula is C21H24F3NO. The molecule has 1 fully saturated rings. The van der Waals surface area contributed by atoms with Crippen molar-refractivity contribution in [3.05, 3.63) is 71.3 Å². The molecule has 2 aromatic rings. The molecule has 26 heavy (non-hydrogen) atoms. The second kappa shape index (κ2) is 7.41. The van der Waals surface area contributed by atoms with E-state index in [-0.39, 0.29) is 0 Å². The topological polar surface area (TPSA) is 23.5 Å². The highest BCUT2D eigenvalue weighted by Crippen LogP contribution is 2.35. The van der Waals surface area contributed by atoms with Crippen LogP contribution in [0.15, 0.2) is 54.6 Å². The Morgan fingerprint density at radius 1 is 1.00 bits per heavy atom. The number of rotatable bonds is 4. The third-order valence-electron chi connectivity index (χ3n) is 5.37. The van der Waals surface area contributed by atoms with Crippen molar-refractivity contribution in [3.8, 4) is 0 Å². The monoisotopic (exact) mass is 363 g/mol. The minimum absolute atomic E-state index is 0.290. The molecule has 0 spiro atoms. The molecule has 1 aliphatic heterocycles. The van der Waals surface area contributed by atoms with E-state index in [4.69, 9.17) is 0 Å². The van der Waals surface area contributed by atoms with Crippen LogP contribution in [0.5, 0.6) is 0 Å². The molecule has 1 atom stereocenters. The molecule has 0 saturated carbocycles. The van der Waals surface area contributed by atoms with E-state index in [0.29, 0.717) is 24.9 Å². The summed E-state index contributed by atoms with van der Waals surface area (Å²) in [5, 5.41) is 10.9.